The first kappa shape index (κ1) is 18.4. The van der Waals surface area contributed by atoms with Crippen molar-refractivity contribution in [3.63, 3.8) is 0 Å². The Labute approximate surface area is 120 Å². The van der Waals surface area contributed by atoms with E-state index in [-0.39, 0.29) is 19.3 Å². The van der Waals surface area contributed by atoms with Gasteiger partial charge in [-0.1, -0.05) is 27.7 Å². The lowest BCUT2D eigenvalue weighted by Crippen LogP contribution is -2.42. The monoisotopic (exact) mass is 286 g/mol. The number of carboxylic acids is 1. The Morgan fingerprint density at radius 3 is 2.00 bits per heavy atom. The average Bonchev–Trinajstić information content (AvgIpc) is 2.27. The van der Waals surface area contributed by atoms with E-state index in [2.05, 4.69) is 38.3 Å². The van der Waals surface area contributed by atoms with Gasteiger partial charge >= 0.3 is 12.0 Å². The summed E-state index contributed by atoms with van der Waals surface area (Å²) in [7, 11) is 0. The predicted molar refractivity (Wildman–Crippen MR) is 76.2 cm³/mol. The highest BCUT2D eigenvalue weighted by Crippen LogP contribution is 2.19. The fourth-order valence-electron chi connectivity index (χ4n) is 2.09. The third kappa shape index (κ3) is 8.50. The Bertz CT molecular complexity index is 332. The van der Waals surface area contributed by atoms with Gasteiger partial charge < -0.3 is 10.4 Å². The summed E-state index contributed by atoms with van der Waals surface area (Å²) in [6, 6.07) is -0.517. The summed E-state index contributed by atoms with van der Waals surface area (Å²) in [5, 5.41) is 13.3. The highest BCUT2D eigenvalue weighted by Gasteiger charge is 2.18. The molecule has 0 bridgehead atoms. The molecule has 0 heterocycles. The Kier molecular flexibility index (Phi) is 8.59. The molecule has 0 aromatic heterocycles. The quantitative estimate of drug-likeness (QED) is 0.636. The molecule has 0 radical (unpaired) electrons. The summed E-state index contributed by atoms with van der Waals surface area (Å²) in [5.74, 6) is -0.153. The molecular weight excluding hydrogens is 260 g/mol. The van der Waals surface area contributed by atoms with Crippen molar-refractivity contribution in [3.8, 4) is 0 Å². The molecule has 0 aromatic carbocycles. The summed E-state index contributed by atoms with van der Waals surface area (Å²) in [5.41, 5.74) is 0. The number of nitrogens with one attached hydrogen (secondary N) is 2. The van der Waals surface area contributed by atoms with Crippen LogP contribution >= 0.6 is 0 Å². The zero-order chi connectivity index (χ0) is 15.7. The lowest BCUT2D eigenvalue weighted by atomic mass is 9.85. The number of carbonyl (C=O) groups excluding carboxylic acids is 2. The van der Waals surface area contributed by atoms with Crippen LogP contribution in [0.2, 0.25) is 0 Å². The SMILES string of the molecule is CC(C)C(CNC(=O)NC(=O)CCCC(=O)O)C(C)C. The second-order valence-electron chi connectivity index (χ2n) is 5.66. The summed E-state index contributed by atoms with van der Waals surface area (Å²) in [4.78, 5) is 33.2. The summed E-state index contributed by atoms with van der Waals surface area (Å²) < 4.78 is 0. The van der Waals surface area contributed by atoms with Gasteiger partial charge in [-0.3, -0.25) is 14.9 Å². The zero-order valence-corrected chi connectivity index (χ0v) is 12.7. The lowest BCUT2D eigenvalue weighted by molar-refractivity contribution is -0.137. The molecule has 3 N–H and O–H groups in total. The van der Waals surface area contributed by atoms with Gasteiger partial charge in [-0.25, -0.2) is 4.79 Å². The second kappa shape index (κ2) is 9.34. The standard InChI is InChI=1S/C14H26N2O4/c1-9(2)11(10(3)4)8-15-14(20)16-12(17)6-5-7-13(18)19/h9-11H,5-8H2,1-4H3,(H,18,19)(H2,15,16,17,20). The van der Waals surface area contributed by atoms with Crippen molar-refractivity contribution in [1.29, 1.82) is 0 Å². The fourth-order valence-corrected chi connectivity index (χ4v) is 2.09. The van der Waals surface area contributed by atoms with E-state index >= 15 is 0 Å². The van der Waals surface area contributed by atoms with Crippen LogP contribution in [0.15, 0.2) is 0 Å². The molecule has 0 rings (SSSR count). The molecule has 0 aliphatic carbocycles. The maximum absolute atomic E-state index is 11.5. The Hall–Kier alpha value is -1.59. The molecule has 0 saturated carbocycles. The van der Waals surface area contributed by atoms with E-state index in [9.17, 15) is 14.4 Å². The lowest BCUT2D eigenvalue weighted by Gasteiger charge is -2.24. The maximum atomic E-state index is 11.5. The Balaban J connectivity index is 3.98. The van der Waals surface area contributed by atoms with E-state index in [1.807, 2.05) is 0 Å². The van der Waals surface area contributed by atoms with Gasteiger partial charge in [-0.15, -0.1) is 0 Å². The van der Waals surface area contributed by atoms with E-state index in [4.69, 9.17) is 5.11 Å². The zero-order valence-electron chi connectivity index (χ0n) is 12.7. The molecule has 0 atom stereocenters. The van der Waals surface area contributed by atoms with Crippen molar-refractivity contribution in [2.75, 3.05) is 6.54 Å². The summed E-state index contributed by atoms with van der Waals surface area (Å²) in [6.07, 6.45) is 0.199. The van der Waals surface area contributed by atoms with Crippen molar-refractivity contribution in [2.45, 2.75) is 47.0 Å². The number of aliphatic carboxylic acids is 1. The predicted octanol–water partition coefficient (Wildman–Crippen LogP) is 2.00. The minimum atomic E-state index is -0.945. The Morgan fingerprint density at radius 2 is 1.55 bits per heavy atom. The van der Waals surface area contributed by atoms with Crippen LogP contribution in [0.3, 0.4) is 0 Å². The van der Waals surface area contributed by atoms with E-state index < -0.39 is 17.9 Å². The second-order valence-corrected chi connectivity index (χ2v) is 5.66. The minimum absolute atomic E-state index is 0.0392. The van der Waals surface area contributed by atoms with Gasteiger partial charge in [-0.2, -0.15) is 0 Å². The smallest absolute Gasteiger partial charge is 0.321 e. The van der Waals surface area contributed by atoms with Crippen LogP contribution in [-0.4, -0.2) is 29.6 Å². The summed E-state index contributed by atoms with van der Waals surface area (Å²) >= 11 is 0. The number of hydrogen-bond acceptors (Lipinski definition) is 3. The normalized spacial score (nSPS) is 10.9. The van der Waals surface area contributed by atoms with Crippen molar-refractivity contribution in [3.05, 3.63) is 0 Å². The number of carboxylic acid groups (broad SMARTS) is 1. The van der Waals surface area contributed by atoms with E-state index in [0.29, 0.717) is 24.3 Å². The van der Waals surface area contributed by atoms with Crippen LogP contribution in [-0.2, 0) is 9.59 Å². The minimum Gasteiger partial charge on any atom is -0.481 e. The van der Waals surface area contributed by atoms with Crippen LogP contribution < -0.4 is 10.6 Å². The number of urea groups is 1. The fraction of sp³-hybridized carbons (Fsp3) is 0.786. The van der Waals surface area contributed by atoms with Crippen LogP contribution in [0, 0.1) is 17.8 Å². The van der Waals surface area contributed by atoms with E-state index in [1.54, 1.807) is 0 Å². The van der Waals surface area contributed by atoms with E-state index in [0.717, 1.165) is 0 Å². The van der Waals surface area contributed by atoms with Gasteiger partial charge in [0.25, 0.3) is 0 Å². The molecule has 0 aliphatic rings. The molecular formula is C14H26N2O4. The largest absolute Gasteiger partial charge is 0.481 e. The van der Waals surface area contributed by atoms with E-state index in [1.165, 1.54) is 0 Å². The highest BCUT2D eigenvalue weighted by molar-refractivity contribution is 5.94. The molecule has 0 fully saturated rings. The molecule has 3 amide bonds. The molecule has 0 aliphatic heterocycles. The van der Waals surface area contributed by atoms with Crippen LogP contribution in [0.4, 0.5) is 4.79 Å². The number of carbonyl (C=O) groups is 3. The van der Waals surface area contributed by atoms with Crippen molar-refractivity contribution >= 4 is 17.9 Å². The Morgan fingerprint density at radius 1 is 1.00 bits per heavy atom. The van der Waals surface area contributed by atoms with Gasteiger partial charge in [0, 0.05) is 19.4 Å². The molecule has 0 aromatic rings. The molecule has 0 saturated heterocycles. The topological polar surface area (TPSA) is 95.5 Å². The number of amides is 3. The molecule has 116 valence electrons. The third-order valence-corrected chi connectivity index (χ3v) is 3.26. The maximum Gasteiger partial charge on any atom is 0.321 e. The molecule has 0 spiro atoms. The van der Waals surface area contributed by atoms with Gasteiger partial charge in [0.2, 0.25) is 5.91 Å². The van der Waals surface area contributed by atoms with Gasteiger partial charge in [0.05, 0.1) is 0 Å². The van der Waals surface area contributed by atoms with Crippen LogP contribution in [0.25, 0.3) is 0 Å². The van der Waals surface area contributed by atoms with Crippen molar-refractivity contribution in [2.24, 2.45) is 17.8 Å². The van der Waals surface area contributed by atoms with Crippen molar-refractivity contribution in [1.82, 2.24) is 10.6 Å². The van der Waals surface area contributed by atoms with Crippen LogP contribution in [0.5, 0.6) is 0 Å². The van der Waals surface area contributed by atoms with Gasteiger partial charge in [0.15, 0.2) is 0 Å². The number of imide groups is 1. The highest BCUT2D eigenvalue weighted by atomic mass is 16.4. The molecule has 20 heavy (non-hydrogen) atoms. The number of hydrogen-bond donors (Lipinski definition) is 3. The van der Waals surface area contributed by atoms with Crippen molar-refractivity contribution < 1.29 is 19.5 Å². The first-order chi connectivity index (χ1) is 9.23. The average molecular weight is 286 g/mol. The van der Waals surface area contributed by atoms with Gasteiger partial charge in [-0.05, 0) is 24.2 Å². The van der Waals surface area contributed by atoms with Crippen LogP contribution in [0.1, 0.15) is 47.0 Å². The molecule has 6 heteroatoms. The first-order valence-electron chi connectivity index (χ1n) is 7.03. The first-order valence-corrected chi connectivity index (χ1v) is 7.03. The number of rotatable bonds is 8. The molecule has 6 nitrogen and oxygen atoms in total. The summed E-state index contributed by atoms with van der Waals surface area (Å²) in [6.45, 7) is 8.91. The third-order valence-electron chi connectivity index (χ3n) is 3.26. The van der Waals surface area contributed by atoms with Gasteiger partial charge in [0.1, 0.15) is 0 Å². The molecule has 0 unspecified atom stereocenters.